The highest BCUT2D eigenvalue weighted by Gasteiger charge is 2.18. The third kappa shape index (κ3) is 7.46. The van der Waals surface area contributed by atoms with Crippen LogP contribution in [0.5, 0.6) is 5.75 Å². The molecule has 1 aliphatic heterocycles. The van der Waals surface area contributed by atoms with Gasteiger partial charge in [0.15, 0.2) is 0 Å². The minimum atomic E-state index is -0.189. The van der Waals surface area contributed by atoms with Gasteiger partial charge in [-0.05, 0) is 81.0 Å². The lowest BCUT2D eigenvalue weighted by atomic mass is 10.1. The molecule has 2 fully saturated rings. The summed E-state index contributed by atoms with van der Waals surface area (Å²) in [6.07, 6.45) is 6.02. The normalized spacial score (nSPS) is 16.2. The van der Waals surface area contributed by atoms with E-state index < -0.39 is 0 Å². The highest BCUT2D eigenvalue weighted by atomic mass is 16.5. The molecule has 4 rings (SSSR count). The standard InChI is InChI=1S/C28H37N3O4/c1-2-30(21-27(32)29-23-11-13-24(14-12-23)31-16-18-34-19-17-31)28(33)15-10-22-6-5-9-26(20-22)35-25-7-3-4-8-25/h5-6,9,11-14,20,25H,2-4,7-8,10,15-19,21H2,1H3,(H,29,32). The van der Waals surface area contributed by atoms with Crippen LogP contribution in [0.2, 0.25) is 0 Å². The van der Waals surface area contributed by atoms with Crippen LogP contribution in [-0.4, -0.2) is 62.2 Å². The molecule has 7 heteroatoms. The maximum Gasteiger partial charge on any atom is 0.243 e. The monoisotopic (exact) mass is 479 g/mol. The third-order valence-corrected chi connectivity index (χ3v) is 6.73. The molecular weight excluding hydrogens is 442 g/mol. The summed E-state index contributed by atoms with van der Waals surface area (Å²) in [4.78, 5) is 29.3. The highest BCUT2D eigenvalue weighted by Crippen LogP contribution is 2.25. The third-order valence-electron chi connectivity index (χ3n) is 6.73. The van der Waals surface area contributed by atoms with E-state index in [0.29, 0.717) is 25.5 Å². The Balaban J connectivity index is 1.24. The molecule has 2 amide bonds. The van der Waals surface area contributed by atoms with Gasteiger partial charge < -0.3 is 24.6 Å². The Morgan fingerprint density at radius 2 is 1.83 bits per heavy atom. The minimum Gasteiger partial charge on any atom is -0.490 e. The molecule has 0 aromatic heterocycles. The molecule has 2 aliphatic rings. The first-order valence-electron chi connectivity index (χ1n) is 12.9. The molecule has 2 aromatic carbocycles. The van der Waals surface area contributed by atoms with E-state index in [4.69, 9.17) is 9.47 Å². The van der Waals surface area contributed by atoms with E-state index in [0.717, 1.165) is 61.8 Å². The molecule has 0 unspecified atom stereocenters. The predicted molar refractivity (Wildman–Crippen MR) is 138 cm³/mol. The number of ether oxygens (including phenoxy) is 2. The number of carbonyl (C=O) groups excluding carboxylic acids is 2. The van der Waals surface area contributed by atoms with Crippen LogP contribution in [0.1, 0.15) is 44.6 Å². The summed E-state index contributed by atoms with van der Waals surface area (Å²) in [7, 11) is 0. The fourth-order valence-corrected chi connectivity index (χ4v) is 4.71. The molecule has 1 heterocycles. The number of likely N-dealkylation sites (N-methyl/N-ethyl adjacent to an activating group) is 1. The van der Waals surface area contributed by atoms with Crippen molar-refractivity contribution in [3.63, 3.8) is 0 Å². The van der Waals surface area contributed by atoms with Crippen molar-refractivity contribution in [1.29, 1.82) is 0 Å². The fraction of sp³-hybridized carbons (Fsp3) is 0.500. The molecule has 1 saturated carbocycles. The Labute approximate surface area is 208 Å². The molecule has 7 nitrogen and oxygen atoms in total. The molecule has 2 aromatic rings. The first kappa shape index (κ1) is 25.0. The number of benzene rings is 2. The number of hydrogen-bond acceptors (Lipinski definition) is 5. The maximum atomic E-state index is 12.8. The van der Waals surface area contributed by atoms with E-state index in [2.05, 4.69) is 10.2 Å². The Morgan fingerprint density at radius 1 is 1.09 bits per heavy atom. The molecule has 1 aliphatic carbocycles. The van der Waals surface area contributed by atoms with Crippen LogP contribution in [0.15, 0.2) is 48.5 Å². The van der Waals surface area contributed by atoms with Crippen molar-refractivity contribution in [3.05, 3.63) is 54.1 Å². The van der Waals surface area contributed by atoms with E-state index in [1.807, 2.05) is 55.5 Å². The van der Waals surface area contributed by atoms with Crippen LogP contribution in [0.3, 0.4) is 0 Å². The molecule has 0 bridgehead atoms. The predicted octanol–water partition coefficient (Wildman–Crippen LogP) is 4.26. The molecular formula is C28H37N3O4. The van der Waals surface area contributed by atoms with Gasteiger partial charge in [-0.3, -0.25) is 9.59 Å². The quantitative estimate of drug-likeness (QED) is 0.551. The summed E-state index contributed by atoms with van der Waals surface area (Å²) in [6, 6.07) is 15.9. The van der Waals surface area contributed by atoms with E-state index in [1.165, 1.54) is 12.8 Å². The summed E-state index contributed by atoms with van der Waals surface area (Å²) in [5.41, 5.74) is 2.93. The summed E-state index contributed by atoms with van der Waals surface area (Å²) < 4.78 is 11.5. The smallest absolute Gasteiger partial charge is 0.243 e. The van der Waals surface area contributed by atoms with Gasteiger partial charge in [-0.15, -0.1) is 0 Å². The second-order valence-corrected chi connectivity index (χ2v) is 9.27. The summed E-state index contributed by atoms with van der Waals surface area (Å²) in [6.45, 7) is 5.66. The lowest BCUT2D eigenvalue weighted by Gasteiger charge is -2.29. The number of aryl methyl sites for hydroxylation is 1. The number of amides is 2. The van der Waals surface area contributed by atoms with Crippen molar-refractivity contribution in [2.75, 3.05) is 49.6 Å². The highest BCUT2D eigenvalue weighted by molar-refractivity contribution is 5.94. The first-order valence-corrected chi connectivity index (χ1v) is 12.9. The second kappa shape index (κ2) is 12.6. The van der Waals surface area contributed by atoms with Crippen molar-refractivity contribution in [3.8, 4) is 5.75 Å². The number of carbonyl (C=O) groups is 2. The summed E-state index contributed by atoms with van der Waals surface area (Å²) in [5, 5.41) is 2.91. The SMILES string of the molecule is CCN(CC(=O)Nc1ccc(N2CCOCC2)cc1)C(=O)CCc1cccc(OC2CCCC2)c1. The average molecular weight is 480 g/mol. The van der Waals surface area contributed by atoms with Crippen molar-refractivity contribution >= 4 is 23.2 Å². The molecule has 1 saturated heterocycles. The number of hydrogen-bond donors (Lipinski definition) is 1. The van der Waals surface area contributed by atoms with Crippen LogP contribution in [0.25, 0.3) is 0 Å². The molecule has 35 heavy (non-hydrogen) atoms. The number of anilines is 2. The lowest BCUT2D eigenvalue weighted by Crippen LogP contribution is -2.38. The zero-order chi connectivity index (χ0) is 24.5. The number of nitrogens with zero attached hydrogens (tertiary/aromatic N) is 2. The largest absolute Gasteiger partial charge is 0.490 e. The Hall–Kier alpha value is -3.06. The van der Waals surface area contributed by atoms with Gasteiger partial charge in [0, 0.05) is 37.4 Å². The van der Waals surface area contributed by atoms with E-state index >= 15 is 0 Å². The van der Waals surface area contributed by atoms with Crippen molar-refractivity contribution in [2.45, 2.75) is 51.6 Å². The van der Waals surface area contributed by atoms with Gasteiger partial charge in [-0.1, -0.05) is 12.1 Å². The van der Waals surface area contributed by atoms with Crippen molar-refractivity contribution in [1.82, 2.24) is 4.90 Å². The van der Waals surface area contributed by atoms with Crippen molar-refractivity contribution in [2.24, 2.45) is 0 Å². The zero-order valence-electron chi connectivity index (χ0n) is 20.7. The second-order valence-electron chi connectivity index (χ2n) is 9.27. The van der Waals surface area contributed by atoms with Gasteiger partial charge in [0.1, 0.15) is 5.75 Å². The van der Waals surface area contributed by atoms with Crippen molar-refractivity contribution < 1.29 is 19.1 Å². The Bertz CT molecular complexity index is 966. The number of morpholine rings is 1. The van der Waals surface area contributed by atoms with Gasteiger partial charge in [-0.2, -0.15) is 0 Å². The van der Waals surface area contributed by atoms with Gasteiger partial charge in [0.2, 0.25) is 11.8 Å². The van der Waals surface area contributed by atoms with E-state index in [1.54, 1.807) is 4.90 Å². The van der Waals surface area contributed by atoms with Crippen LogP contribution >= 0.6 is 0 Å². The molecule has 188 valence electrons. The summed E-state index contributed by atoms with van der Waals surface area (Å²) >= 11 is 0. The lowest BCUT2D eigenvalue weighted by molar-refractivity contribution is -0.134. The summed E-state index contributed by atoms with van der Waals surface area (Å²) in [5.74, 6) is 0.673. The van der Waals surface area contributed by atoms with Crippen LogP contribution in [0.4, 0.5) is 11.4 Å². The molecule has 0 spiro atoms. The Kier molecular flexibility index (Phi) is 9.01. The van der Waals surface area contributed by atoms with Crippen LogP contribution < -0.4 is 15.0 Å². The number of nitrogens with one attached hydrogen (secondary N) is 1. The van der Waals surface area contributed by atoms with Gasteiger partial charge in [-0.25, -0.2) is 0 Å². The van der Waals surface area contributed by atoms with Gasteiger partial charge in [0.05, 0.1) is 25.9 Å². The van der Waals surface area contributed by atoms with Crippen LogP contribution in [-0.2, 0) is 20.7 Å². The van der Waals surface area contributed by atoms with Gasteiger partial charge >= 0.3 is 0 Å². The van der Waals surface area contributed by atoms with E-state index in [-0.39, 0.29) is 18.4 Å². The molecule has 0 radical (unpaired) electrons. The Morgan fingerprint density at radius 3 is 2.54 bits per heavy atom. The molecule has 0 atom stereocenters. The maximum absolute atomic E-state index is 12.8. The minimum absolute atomic E-state index is 0.0209. The van der Waals surface area contributed by atoms with Crippen LogP contribution in [0, 0.1) is 0 Å². The number of rotatable bonds is 10. The fourth-order valence-electron chi connectivity index (χ4n) is 4.71. The van der Waals surface area contributed by atoms with E-state index in [9.17, 15) is 9.59 Å². The first-order chi connectivity index (χ1) is 17.1. The zero-order valence-corrected chi connectivity index (χ0v) is 20.7. The van der Waals surface area contributed by atoms with Gasteiger partial charge in [0.25, 0.3) is 0 Å². The molecule has 1 N–H and O–H groups in total. The topological polar surface area (TPSA) is 71.1 Å². The average Bonchev–Trinajstić information content (AvgIpc) is 3.40.